The summed E-state index contributed by atoms with van der Waals surface area (Å²) in [4.78, 5) is 14.1. The number of aromatic carboxylic acids is 1. The molecule has 0 saturated heterocycles. The number of carboxylic acids is 1. The molecule has 0 radical (unpaired) electrons. The molecule has 0 fully saturated rings. The number of rotatable bonds is 4. The second-order valence-corrected chi connectivity index (χ2v) is 3.22. The van der Waals surface area contributed by atoms with Gasteiger partial charge in [0.1, 0.15) is 5.56 Å². The first-order valence-corrected chi connectivity index (χ1v) is 4.66. The number of ether oxygens (including phenoxy) is 1. The van der Waals surface area contributed by atoms with Gasteiger partial charge in [0.2, 0.25) is 0 Å². The van der Waals surface area contributed by atoms with Crippen LogP contribution in [-0.2, 0) is 6.54 Å². The van der Waals surface area contributed by atoms with E-state index in [-0.39, 0.29) is 0 Å². The number of nitrogens with zero attached hydrogens (tertiary/aromatic N) is 1. The van der Waals surface area contributed by atoms with Crippen LogP contribution >= 0.6 is 0 Å². The van der Waals surface area contributed by atoms with Crippen LogP contribution in [0.5, 0.6) is 5.75 Å². The van der Waals surface area contributed by atoms with Crippen LogP contribution < -0.4 is 10.5 Å². The van der Waals surface area contributed by atoms with Crippen LogP contribution in [0.2, 0.25) is 0 Å². The third-order valence-corrected chi connectivity index (χ3v) is 2.02. The van der Waals surface area contributed by atoms with Crippen molar-refractivity contribution in [1.29, 1.82) is 0 Å². The third-order valence-electron chi connectivity index (χ3n) is 2.02. The third kappa shape index (κ3) is 3.50. The average Bonchev–Trinajstić information content (AvgIpc) is 2.25. The molecule has 0 bridgehead atoms. The first-order chi connectivity index (χ1) is 8.67. The SMILES string of the molecule is NCc1ncc(OC(F)(F)F)c(C(=O)O)c1C(F)F. The molecule has 0 spiro atoms. The van der Waals surface area contributed by atoms with Crippen LogP contribution in [0, 0.1) is 0 Å². The molecule has 106 valence electrons. The lowest BCUT2D eigenvalue weighted by atomic mass is 10.1. The summed E-state index contributed by atoms with van der Waals surface area (Å²) >= 11 is 0. The molecule has 1 aromatic heterocycles. The van der Waals surface area contributed by atoms with Crippen molar-refractivity contribution >= 4 is 5.97 Å². The standard InChI is InChI=1S/C9H7F5N2O3/c10-7(11)5-3(1-15)16-2-4(6(5)8(17)18)19-9(12,13)14/h2,7H,1,15H2,(H,17,18). The van der Waals surface area contributed by atoms with Gasteiger partial charge < -0.3 is 15.6 Å². The molecule has 19 heavy (non-hydrogen) atoms. The molecule has 1 heterocycles. The summed E-state index contributed by atoms with van der Waals surface area (Å²) in [5, 5.41) is 8.76. The zero-order chi connectivity index (χ0) is 14.8. The first-order valence-electron chi connectivity index (χ1n) is 4.66. The largest absolute Gasteiger partial charge is 0.573 e. The van der Waals surface area contributed by atoms with Gasteiger partial charge in [0, 0.05) is 6.54 Å². The number of alkyl halides is 5. The van der Waals surface area contributed by atoms with Gasteiger partial charge in [-0.15, -0.1) is 13.2 Å². The van der Waals surface area contributed by atoms with Gasteiger partial charge in [-0.25, -0.2) is 13.6 Å². The van der Waals surface area contributed by atoms with E-state index in [2.05, 4.69) is 9.72 Å². The molecule has 0 aliphatic heterocycles. The molecule has 0 amide bonds. The summed E-state index contributed by atoms with van der Waals surface area (Å²) in [5.41, 5.74) is 2.08. The molecule has 1 rings (SSSR count). The Morgan fingerprint density at radius 3 is 2.42 bits per heavy atom. The monoisotopic (exact) mass is 286 g/mol. The van der Waals surface area contributed by atoms with Crippen molar-refractivity contribution in [2.24, 2.45) is 5.73 Å². The Kier molecular flexibility index (Phi) is 4.24. The van der Waals surface area contributed by atoms with Crippen molar-refractivity contribution in [1.82, 2.24) is 4.98 Å². The van der Waals surface area contributed by atoms with E-state index in [1.54, 1.807) is 0 Å². The van der Waals surface area contributed by atoms with Gasteiger partial charge in [-0.1, -0.05) is 0 Å². The van der Waals surface area contributed by atoms with Crippen LogP contribution in [0.4, 0.5) is 22.0 Å². The van der Waals surface area contributed by atoms with Crippen molar-refractivity contribution in [3.8, 4) is 5.75 Å². The molecule has 0 saturated carbocycles. The van der Waals surface area contributed by atoms with Crippen LogP contribution in [0.25, 0.3) is 0 Å². The van der Waals surface area contributed by atoms with Gasteiger partial charge in [-0.2, -0.15) is 0 Å². The summed E-state index contributed by atoms with van der Waals surface area (Å²) in [6.07, 6.45) is -8.19. The minimum atomic E-state index is -5.23. The maximum atomic E-state index is 12.8. The highest BCUT2D eigenvalue weighted by atomic mass is 19.4. The fourth-order valence-electron chi connectivity index (χ4n) is 1.37. The first kappa shape index (κ1) is 15.1. The lowest BCUT2D eigenvalue weighted by Crippen LogP contribution is -2.21. The number of hydrogen-bond donors (Lipinski definition) is 2. The van der Waals surface area contributed by atoms with Gasteiger partial charge in [0.15, 0.2) is 5.75 Å². The van der Waals surface area contributed by atoms with E-state index in [0.717, 1.165) is 0 Å². The summed E-state index contributed by atoms with van der Waals surface area (Å²) in [6.45, 7) is -0.549. The maximum absolute atomic E-state index is 12.8. The summed E-state index contributed by atoms with van der Waals surface area (Å²) in [5.74, 6) is -3.31. The van der Waals surface area contributed by atoms with Crippen molar-refractivity contribution in [2.75, 3.05) is 0 Å². The predicted octanol–water partition coefficient (Wildman–Crippen LogP) is 2.07. The van der Waals surface area contributed by atoms with Gasteiger partial charge in [-0.05, 0) is 0 Å². The molecule has 0 aliphatic rings. The van der Waals surface area contributed by atoms with Crippen LogP contribution in [0.1, 0.15) is 28.0 Å². The predicted molar refractivity (Wildman–Crippen MR) is 50.7 cm³/mol. The molecule has 5 nitrogen and oxygen atoms in total. The minimum Gasteiger partial charge on any atom is -0.478 e. The summed E-state index contributed by atoms with van der Waals surface area (Å²) in [6, 6.07) is 0. The van der Waals surface area contributed by atoms with Crippen molar-refractivity contribution < 1.29 is 36.6 Å². The number of hydrogen-bond acceptors (Lipinski definition) is 4. The molecular weight excluding hydrogens is 279 g/mol. The molecule has 0 unspecified atom stereocenters. The number of carbonyl (C=O) groups is 1. The molecule has 1 aromatic rings. The lowest BCUT2D eigenvalue weighted by molar-refractivity contribution is -0.274. The molecule has 0 atom stereocenters. The van der Waals surface area contributed by atoms with Gasteiger partial charge >= 0.3 is 12.3 Å². The Hall–Kier alpha value is -1.97. The maximum Gasteiger partial charge on any atom is 0.573 e. The van der Waals surface area contributed by atoms with E-state index >= 15 is 0 Å². The summed E-state index contributed by atoms with van der Waals surface area (Å²) < 4.78 is 65.0. The fraction of sp³-hybridized carbons (Fsp3) is 0.333. The normalized spacial score (nSPS) is 11.7. The zero-order valence-corrected chi connectivity index (χ0v) is 9.04. The molecule has 10 heteroatoms. The van der Waals surface area contributed by atoms with Crippen molar-refractivity contribution in [2.45, 2.75) is 19.3 Å². The number of halogens is 5. The van der Waals surface area contributed by atoms with Gasteiger partial charge in [0.05, 0.1) is 17.5 Å². The number of nitrogens with two attached hydrogens (primary N) is 1. The van der Waals surface area contributed by atoms with Gasteiger partial charge in [0.25, 0.3) is 6.43 Å². The molecular formula is C9H7F5N2O3. The molecule has 3 N–H and O–H groups in total. The highest BCUT2D eigenvalue weighted by Crippen LogP contribution is 2.34. The number of pyridine rings is 1. The summed E-state index contributed by atoms with van der Waals surface area (Å²) in [7, 11) is 0. The van der Waals surface area contributed by atoms with E-state index in [1.165, 1.54) is 0 Å². The fourth-order valence-corrected chi connectivity index (χ4v) is 1.37. The minimum absolute atomic E-state index is 0.394. The van der Waals surface area contributed by atoms with Crippen molar-refractivity contribution in [3.05, 3.63) is 23.0 Å². The smallest absolute Gasteiger partial charge is 0.478 e. The Morgan fingerprint density at radius 1 is 1.47 bits per heavy atom. The Bertz CT molecular complexity index is 489. The van der Waals surface area contributed by atoms with E-state index in [0.29, 0.717) is 6.20 Å². The quantitative estimate of drug-likeness (QED) is 0.828. The molecule has 0 aromatic carbocycles. The highest BCUT2D eigenvalue weighted by molar-refractivity contribution is 5.93. The number of carboxylic acid groups (broad SMARTS) is 1. The number of aromatic nitrogens is 1. The Balaban J connectivity index is 3.49. The second-order valence-electron chi connectivity index (χ2n) is 3.22. The van der Waals surface area contributed by atoms with E-state index in [4.69, 9.17) is 10.8 Å². The highest BCUT2D eigenvalue weighted by Gasteiger charge is 2.35. The van der Waals surface area contributed by atoms with Crippen LogP contribution in [0.3, 0.4) is 0 Å². The van der Waals surface area contributed by atoms with E-state index in [1.807, 2.05) is 0 Å². The molecule has 0 aliphatic carbocycles. The topological polar surface area (TPSA) is 85.4 Å². The van der Waals surface area contributed by atoms with E-state index in [9.17, 15) is 26.7 Å². The average molecular weight is 286 g/mol. The lowest BCUT2D eigenvalue weighted by Gasteiger charge is -2.15. The van der Waals surface area contributed by atoms with Crippen molar-refractivity contribution in [3.63, 3.8) is 0 Å². The Morgan fingerprint density at radius 2 is 2.05 bits per heavy atom. The van der Waals surface area contributed by atoms with Gasteiger partial charge in [-0.3, -0.25) is 4.98 Å². The van der Waals surface area contributed by atoms with Crippen LogP contribution in [-0.4, -0.2) is 22.4 Å². The zero-order valence-electron chi connectivity index (χ0n) is 9.04. The second kappa shape index (κ2) is 5.34. The van der Waals surface area contributed by atoms with Crippen LogP contribution in [0.15, 0.2) is 6.20 Å². The Labute approximate surface area is 102 Å². The van der Waals surface area contributed by atoms with E-state index < -0.39 is 47.9 Å².